The second kappa shape index (κ2) is 4.77. The van der Waals surface area contributed by atoms with Gasteiger partial charge in [-0.3, -0.25) is 0 Å². The van der Waals surface area contributed by atoms with Gasteiger partial charge in [0.2, 0.25) is 0 Å². The van der Waals surface area contributed by atoms with Crippen molar-refractivity contribution in [3.63, 3.8) is 0 Å². The molecule has 0 saturated carbocycles. The van der Waals surface area contributed by atoms with Gasteiger partial charge in [-0.25, -0.2) is 0 Å². The first-order valence-corrected chi connectivity index (χ1v) is 5.71. The molecule has 82 valence electrons. The summed E-state index contributed by atoms with van der Waals surface area (Å²) in [6.07, 6.45) is 3.72. The van der Waals surface area contributed by atoms with Crippen LogP contribution in [0.3, 0.4) is 0 Å². The van der Waals surface area contributed by atoms with Crippen LogP contribution in [0.5, 0.6) is 0 Å². The minimum Gasteiger partial charge on any atom is -0.376 e. The van der Waals surface area contributed by atoms with E-state index in [1.807, 2.05) is 0 Å². The Kier molecular flexibility index (Phi) is 3.39. The van der Waals surface area contributed by atoms with Crippen molar-refractivity contribution in [3.8, 4) is 0 Å². The predicted molar refractivity (Wildman–Crippen MR) is 61.7 cm³/mol. The van der Waals surface area contributed by atoms with Gasteiger partial charge < -0.3 is 10.5 Å². The lowest BCUT2D eigenvalue weighted by Crippen LogP contribution is -2.31. The fourth-order valence-corrected chi connectivity index (χ4v) is 2.14. The molecular formula is C13H19NO. The van der Waals surface area contributed by atoms with E-state index in [2.05, 4.69) is 31.2 Å². The summed E-state index contributed by atoms with van der Waals surface area (Å²) in [5.74, 6) is 0. The molecule has 2 nitrogen and oxygen atoms in total. The van der Waals surface area contributed by atoms with Crippen molar-refractivity contribution in [1.82, 2.24) is 0 Å². The maximum Gasteiger partial charge on any atom is 0.0767 e. The van der Waals surface area contributed by atoms with Gasteiger partial charge in [0.05, 0.1) is 12.1 Å². The molecule has 2 N–H and O–H groups in total. The molecule has 0 aliphatic carbocycles. The van der Waals surface area contributed by atoms with E-state index in [1.54, 1.807) is 0 Å². The van der Waals surface area contributed by atoms with Crippen molar-refractivity contribution in [3.05, 3.63) is 35.4 Å². The summed E-state index contributed by atoms with van der Waals surface area (Å²) in [4.78, 5) is 0. The molecule has 0 radical (unpaired) electrons. The maximum absolute atomic E-state index is 6.21. The van der Waals surface area contributed by atoms with Gasteiger partial charge >= 0.3 is 0 Å². The summed E-state index contributed by atoms with van der Waals surface area (Å²) in [6, 6.07) is 8.44. The third kappa shape index (κ3) is 2.58. The summed E-state index contributed by atoms with van der Waals surface area (Å²) in [7, 11) is 0. The quantitative estimate of drug-likeness (QED) is 0.805. The number of nitrogens with two attached hydrogens (primary N) is 1. The molecule has 2 heteroatoms. The smallest absolute Gasteiger partial charge is 0.0767 e. The zero-order valence-corrected chi connectivity index (χ0v) is 9.28. The van der Waals surface area contributed by atoms with Crippen LogP contribution in [-0.2, 0) is 4.74 Å². The number of rotatable bonds is 2. The molecule has 1 aliphatic heterocycles. The highest BCUT2D eigenvalue weighted by atomic mass is 16.5. The van der Waals surface area contributed by atoms with Crippen molar-refractivity contribution >= 4 is 0 Å². The molecule has 2 atom stereocenters. The van der Waals surface area contributed by atoms with E-state index < -0.39 is 0 Å². The predicted octanol–water partition coefficient (Wildman–Crippen LogP) is 2.56. The van der Waals surface area contributed by atoms with E-state index in [0.717, 1.165) is 13.0 Å². The summed E-state index contributed by atoms with van der Waals surface area (Å²) in [5.41, 5.74) is 8.67. The van der Waals surface area contributed by atoms with Crippen LogP contribution in [0.25, 0.3) is 0 Å². The molecule has 1 aromatic rings. The van der Waals surface area contributed by atoms with E-state index >= 15 is 0 Å². The summed E-state index contributed by atoms with van der Waals surface area (Å²) in [5, 5.41) is 0. The second-order valence-corrected chi connectivity index (χ2v) is 4.34. The van der Waals surface area contributed by atoms with Crippen molar-refractivity contribution in [1.29, 1.82) is 0 Å². The molecule has 0 aromatic heterocycles. The van der Waals surface area contributed by atoms with Crippen LogP contribution in [0.4, 0.5) is 0 Å². The largest absolute Gasteiger partial charge is 0.376 e. The Balaban J connectivity index is 2.08. The van der Waals surface area contributed by atoms with Crippen molar-refractivity contribution in [2.75, 3.05) is 6.61 Å². The van der Waals surface area contributed by atoms with Crippen LogP contribution in [0.2, 0.25) is 0 Å². The van der Waals surface area contributed by atoms with Gasteiger partial charge in [0.25, 0.3) is 0 Å². The van der Waals surface area contributed by atoms with Crippen LogP contribution >= 0.6 is 0 Å². The first-order chi connectivity index (χ1) is 7.27. The lowest BCUT2D eigenvalue weighted by atomic mass is 9.95. The number of hydrogen-bond donors (Lipinski definition) is 1. The van der Waals surface area contributed by atoms with E-state index in [1.165, 1.54) is 24.0 Å². The van der Waals surface area contributed by atoms with Crippen LogP contribution in [-0.4, -0.2) is 12.7 Å². The van der Waals surface area contributed by atoms with E-state index in [9.17, 15) is 0 Å². The van der Waals surface area contributed by atoms with Crippen LogP contribution < -0.4 is 5.73 Å². The van der Waals surface area contributed by atoms with Gasteiger partial charge in [0.15, 0.2) is 0 Å². The normalized spacial score (nSPS) is 23.7. The van der Waals surface area contributed by atoms with Crippen LogP contribution in [0.1, 0.15) is 36.4 Å². The number of ether oxygens (including phenoxy) is 1. The van der Waals surface area contributed by atoms with Crippen LogP contribution in [0.15, 0.2) is 24.3 Å². The second-order valence-electron chi connectivity index (χ2n) is 4.34. The third-order valence-electron chi connectivity index (χ3n) is 3.04. The Hall–Kier alpha value is -0.860. The minimum atomic E-state index is 0.0326. The lowest BCUT2D eigenvalue weighted by molar-refractivity contribution is 0.00000705. The molecule has 1 heterocycles. The Labute approximate surface area is 91.4 Å². The van der Waals surface area contributed by atoms with E-state index in [-0.39, 0.29) is 12.1 Å². The van der Waals surface area contributed by atoms with Gasteiger partial charge in [0.1, 0.15) is 0 Å². The zero-order valence-electron chi connectivity index (χ0n) is 9.28. The number of aryl methyl sites for hydroxylation is 1. The first-order valence-electron chi connectivity index (χ1n) is 5.71. The molecule has 0 amide bonds. The molecule has 1 aliphatic rings. The zero-order chi connectivity index (χ0) is 10.7. The van der Waals surface area contributed by atoms with Crippen molar-refractivity contribution in [2.45, 2.75) is 38.3 Å². The number of benzene rings is 1. The van der Waals surface area contributed by atoms with Gasteiger partial charge in [-0.05, 0) is 31.7 Å². The van der Waals surface area contributed by atoms with Crippen molar-refractivity contribution in [2.24, 2.45) is 5.73 Å². The lowest BCUT2D eigenvalue weighted by Gasteiger charge is -2.28. The molecule has 2 unspecified atom stereocenters. The van der Waals surface area contributed by atoms with Crippen molar-refractivity contribution < 1.29 is 4.74 Å². The maximum atomic E-state index is 6.21. The molecule has 1 saturated heterocycles. The van der Waals surface area contributed by atoms with E-state index in [4.69, 9.17) is 10.5 Å². The summed E-state index contributed by atoms with van der Waals surface area (Å²) >= 11 is 0. The highest BCUT2D eigenvalue weighted by molar-refractivity contribution is 5.25. The van der Waals surface area contributed by atoms with Gasteiger partial charge in [0, 0.05) is 6.61 Å². The van der Waals surface area contributed by atoms with Gasteiger partial charge in [-0.15, -0.1) is 0 Å². The minimum absolute atomic E-state index is 0.0326. The Morgan fingerprint density at radius 3 is 2.93 bits per heavy atom. The Morgan fingerprint density at radius 1 is 1.40 bits per heavy atom. The molecule has 2 rings (SSSR count). The molecule has 1 aromatic carbocycles. The Morgan fingerprint density at radius 2 is 2.27 bits per heavy atom. The molecule has 0 bridgehead atoms. The average Bonchev–Trinajstić information content (AvgIpc) is 2.29. The first kappa shape index (κ1) is 10.7. The third-order valence-corrected chi connectivity index (χ3v) is 3.04. The van der Waals surface area contributed by atoms with Gasteiger partial charge in [-0.2, -0.15) is 0 Å². The highest BCUT2D eigenvalue weighted by Gasteiger charge is 2.22. The highest BCUT2D eigenvalue weighted by Crippen LogP contribution is 2.24. The fourth-order valence-electron chi connectivity index (χ4n) is 2.14. The Bertz CT molecular complexity index is 318. The molecule has 15 heavy (non-hydrogen) atoms. The summed E-state index contributed by atoms with van der Waals surface area (Å²) < 4.78 is 5.71. The molecule has 1 fully saturated rings. The monoisotopic (exact) mass is 205 g/mol. The average molecular weight is 205 g/mol. The van der Waals surface area contributed by atoms with Gasteiger partial charge in [-0.1, -0.05) is 29.8 Å². The van der Waals surface area contributed by atoms with E-state index in [0.29, 0.717) is 0 Å². The standard InChI is InChI=1S/C13H19NO/c1-10-5-4-6-11(9-10)13(14)12-7-2-3-8-15-12/h4-6,9,12-13H,2-3,7-8,14H2,1H3. The number of hydrogen-bond acceptors (Lipinski definition) is 2. The molecular weight excluding hydrogens is 186 g/mol. The summed E-state index contributed by atoms with van der Waals surface area (Å²) in [6.45, 7) is 2.96. The topological polar surface area (TPSA) is 35.2 Å². The molecule has 0 spiro atoms. The SMILES string of the molecule is Cc1cccc(C(N)C2CCCCO2)c1. The fraction of sp³-hybridized carbons (Fsp3) is 0.538. The van der Waals surface area contributed by atoms with Crippen LogP contribution in [0, 0.1) is 6.92 Å².